The van der Waals surface area contributed by atoms with Crippen molar-refractivity contribution in [2.24, 2.45) is 0 Å². The molecule has 40 heavy (non-hydrogen) atoms. The molecule has 2 atom stereocenters. The van der Waals surface area contributed by atoms with Gasteiger partial charge in [-0.25, -0.2) is 4.57 Å². The summed E-state index contributed by atoms with van der Waals surface area (Å²) in [5.74, 6) is -0.228. The fourth-order valence-corrected chi connectivity index (χ4v) is 5.28. The van der Waals surface area contributed by atoms with E-state index in [2.05, 4.69) is 23.7 Å². The van der Waals surface area contributed by atoms with Crippen molar-refractivity contribution in [3.05, 3.63) is 12.2 Å². The van der Waals surface area contributed by atoms with Gasteiger partial charge in [0.2, 0.25) is 5.91 Å². The molecule has 0 saturated heterocycles. The zero-order valence-electron chi connectivity index (χ0n) is 26.0. The Morgan fingerprint density at radius 3 is 1.52 bits per heavy atom. The summed E-state index contributed by atoms with van der Waals surface area (Å²) in [5.41, 5.74) is 0. The first-order chi connectivity index (χ1) is 19.3. The number of aliphatic hydroxyl groups excluding tert-OH is 1. The Hall–Kier alpha value is -0.720. The summed E-state index contributed by atoms with van der Waals surface area (Å²) in [4.78, 5) is 30.6. The minimum atomic E-state index is -4.70. The van der Waals surface area contributed by atoms with E-state index in [1.54, 1.807) is 6.08 Å². The molecule has 0 fully saturated rings. The Labute approximate surface area is 246 Å². The Kier molecular flexibility index (Phi) is 27.9. The van der Waals surface area contributed by atoms with E-state index in [9.17, 15) is 14.5 Å². The molecule has 0 saturated carbocycles. The lowest BCUT2D eigenvalue weighted by molar-refractivity contribution is -0.123. The monoisotopic (exact) mass is 589 g/mol. The number of phosphoric ester groups is 1. The van der Waals surface area contributed by atoms with Crippen molar-refractivity contribution in [3.8, 4) is 0 Å². The van der Waals surface area contributed by atoms with Crippen molar-refractivity contribution in [2.75, 3.05) is 6.61 Å². The Bertz CT molecular complexity index is 639. The van der Waals surface area contributed by atoms with Gasteiger partial charge < -0.3 is 20.2 Å². The summed E-state index contributed by atoms with van der Waals surface area (Å²) in [6, 6.07) is -0.901. The number of unbranched alkanes of at least 4 members (excludes halogenated alkanes) is 21. The van der Waals surface area contributed by atoms with Crippen LogP contribution in [0.3, 0.4) is 0 Å². The molecule has 0 rings (SSSR count). The SMILES string of the molecule is CCCCCCCCCC/C=C/[C@@H](O)[C@H](COP(=O)(O)O)NC(=O)CCCCCCCCCCCCCCCC. The summed E-state index contributed by atoms with van der Waals surface area (Å²) in [6.45, 7) is 4.02. The number of amides is 1. The predicted octanol–water partition coefficient (Wildman–Crippen LogP) is 8.90. The van der Waals surface area contributed by atoms with Gasteiger partial charge in [-0.1, -0.05) is 154 Å². The molecule has 7 nitrogen and oxygen atoms in total. The minimum Gasteiger partial charge on any atom is -0.387 e. The van der Waals surface area contributed by atoms with Gasteiger partial charge in [0.25, 0.3) is 0 Å². The second kappa shape index (κ2) is 28.4. The summed E-state index contributed by atoms with van der Waals surface area (Å²) in [5, 5.41) is 13.3. The van der Waals surface area contributed by atoms with Crippen LogP contribution in [0.25, 0.3) is 0 Å². The molecule has 0 aromatic rings. The maximum atomic E-state index is 12.4. The molecule has 0 aliphatic carbocycles. The van der Waals surface area contributed by atoms with Crippen LogP contribution in [0.15, 0.2) is 12.2 Å². The molecule has 1 amide bonds. The first-order valence-corrected chi connectivity index (χ1v) is 18.2. The second-order valence-electron chi connectivity index (χ2n) is 11.5. The third-order valence-electron chi connectivity index (χ3n) is 7.50. The average molecular weight is 590 g/mol. The summed E-state index contributed by atoms with van der Waals surface area (Å²) in [7, 11) is -4.70. The van der Waals surface area contributed by atoms with Gasteiger partial charge in [0.05, 0.1) is 18.8 Å². The summed E-state index contributed by atoms with van der Waals surface area (Å²) < 4.78 is 15.8. The van der Waals surface area contributed by atoms with E-state index in [1.165, 1.54) is 109 Å². The average Bonchev–Trinajstić information content (AvgIpc) is 2.91. The molecule has 0 aromatic carbocycles. The second-order valence-corrected chi connectivity index (χ2v) is 12.7. The van der Waals surface area contributed by atoms with E-state index in [4.69, 9.17) is 9.79 Å². The molecular weight excluding hydrogens is 525 g/mol. The van der Waals surface area contributed by atoms with E-state index in [0.29, 0.717) is 6.42 Å². The largest absolute Gasteiger partial charge is 0.469 e. The highest BCUT2D eigenvalue weighted by molar-refractivity contribution is 7.46. The van der Waals surface area contributed by atoms with Gasteiger partial charge in [-0.05, 0) is 19.3 Å². The number of allylic oxidation sites excluding steroid dienone is 1. The standard InChI is InChI=1S/C32H64NO6P/c1-3-5-7-9-11-13-15-16-17-18-20-22-24-26-28-32(35)33-30(29-39-40(36,37)38)31(34)27-25-23-21-19-14-12-10-8-6-4-2/h25,27,30-31,34H,3-24,26,28-29H2,1-2H3,(H,33,35)(H2,36,37,38)/b27-25+/t30-,31+/m0/s1. The summed E-state index contributed by atoms with van der Waals surface area (Å²) >= 11 is 0. The molecule has 8 heteroatoms. The first kappa shape index (κ1) is 39.3. The van der Waals surface area contributed by atoms with Crippen LogP contribution in [0, 0.1) is 0 Å². The molecule has 4 N–H and O–H groups in total. The molecule has 0 heterocycles. The van der Waals surface area contributed by atoms with Crippen LogP contribution in [0.5, 0.6) is 0 Å². The third-order valence-corrected chi connectivity index (χ3v) is 7.98. The van der Waals surface area contributed by atoms with E-state index in [-0.39, 0.29) is 5.91 Å². The Morgan fingerprint density at radius 2 is 1.10 bits per heavy atom. The van der Waals surface area contributed by atoms with Crippen molar-refractivity contribution in [1.82, 2.24) is 5.32 Å². The van der Waals surface area contributed by atoms with Crippen molar-refractivity contribution in [1.29, 1.82) is 0 Å². The highest BCUT2D eigenvalue weighted by atomic mass is 31.2. The highest BCUT2D eigenvalue weighted by Gasteiger charge is 2.24. The van der Waals surface area contributed by atoms with E-state index < -0.39 is 26.6 Å². The van der Waals surface area contributed by atoms with Crippen LogP contribution in [0.1, 0.15) is 168 Å². The summed E-state index contributed by atoms with van der Waals surface area (Å²) in [6.07, 6.45) is 30.8. The van der Waals surface area contributed by atoms with Crippen molar-refractivity contribution in [2.45, 2.75) is 180 Å². The van der Waals surface area contributed by atoms with Crippen molar-refractivity contribution in [3.63, 3.8) is 0 Å². The van der Waals surface area contributed by atoms with Crippen LogP contribution < -0.4 is 5.32 Å². The zero-order chi connectivity index (χ0) is 29.7. The van der Waals surface area contributed by atoms with Gasteiger partial charge in [-0.15, -0.1) is 0 Å². The molecule has 0 aliphatic heterocycles. The number of hydrogen-bond acceptors (Lipinski definition) is 4. The van der Waals surface area contributed by atoms with E-state index >= 15 is 0 Å². The van der Waals surface area contributed by atoms with Gasteiger partial charge in [0.15, 0.2) is 0 Å². The van der Waals surface area contributed by atoms with Gasteiger partial charge in [-0.2, -0.15) is 0 Å². The first-order valence-electron chi connectivity index (χ1n) is 16.6. The molecule has 238 valence electrons. The fraction of sp³-hybridized carbons (Fsp3) is 0.906. The molecule has 0 unspecified atom stereocenters. The number of carbonyl (C=O) groups excluding carboxylic acids is 1. The third kappa shape index (κ3) is 28.8. The van der Waals surface area contributed by atoms with E-state index in [0.717, 1.165) is 38.5 Å². The van der Waals surface area contributed by atoms with Crippen LogP contribution in [-0.4, -0.2) is 39.6 Å². The van der Waals surface area contributed by atoms with Gasteiger partial charge >= 0.3 is 7.82 Å². The molecular formula is C32H64NO6P. The maximum absolute atomic E-state index is 12.4. The van der Waals surface area contributed by atoms with Gasteiger partial charge in [0, 0.05) is 6.42 Å². The topological polar surface area (TPSA) is 116 Å². The van der Waals surface area contributed by atoms with Crippen molar-refractivity contribution >= 4 is 13.7 Å². The number of hydrogen-bond donors (Lipinski definition) is 4. The highest BCUT2D eigenvalue weighted by Crippen LogP contribution is 2.35. The van der Waals surface area contributed by atoms with Gasteiger partial charge in [-0.3, -0.25) is 9.32 Å². The lowest BCUT2D eigenvalue weighted by atomic mass is 10.0. The fourth-order valence-electron chi connectivity index (χ4n) is 4.93. The molecule has 0 aromatic heterocycles. The maximum Gasteiger partial charge on any atom is 0.469 e. The molecule has 0 spiro atoms. The Balaban J connectivity index is 4.07. The number of nitrogens with one attached hydrogen (secondary N) is 1. The lowest BCUT2D eigenvalue weighted by Gasteiger charge is -2.22. The van der Waals surface area contributed by atoms with E-state index in [1.807, 2.05) is 6.08 Å². The molecule has 0 aliphatic rings. The predicted molar refractivity (Wildman–Crippen MR) is 167 cm³/mol. The lowest BCUT2D eigenvalue weighted by Crippen LogP contribution is -2.45. The number of aliphatic hydroxyl groups is 1. The van der Waals surface area contributed by atoms with Gasteiger partial charge in [0.1, 0.15) is 0 Å². The number of phosphoric acid groups is 1. The number of rotatable bonds is 30. The minimum absolute atomic E-state index is 0.228. The Morgan fingerprint density at radius 1 is 0.700 bits per heavy atom. The van der Waals surface area contributed by atoms with Crippen LogP contribution >= 0.6 is 7.82 Å². The van der Waals surface area contributed by atoms with Crippen LogP contribution in [0.2, 0.25) is 0 Å². The van der Waals surface area contributed by atoms with Crippen LogP contribution in [0.4, 0.5) is 0 Å². The molecule has 0 bridgehead atoms. The van der Waals surface area contributed by atoms with Crippen molar-refractivity contribution < 1.29 is 28.8 Å². The van der Waals surface area contributed by atoms with Crippen LogP contribution in [-0.2, 0) is 13.9 Å². The normalized spacial score (nSPS) is 13.6. The smallest absolute Gasteiger partial charge is 0.387 e. The number of carbonyl (C=O) groups is 1. The quantitative estimate of drug-likeness (QED) is 0.0378. The molecule has 0 radical (unpaired) electrons. The zero-order valence-corrected chi connectivity index (χ0v) is 26.9.